The van der Waals surface area contributed by atoms with E-state index in [4.69, 9.17) is 23.2 Å². The normalized spacial score (nSPS) is 12.3. The Bertz CT molecular complexity index is 740. The Balaban J connectivity index is 1.96. The van der Waals surface area contributed by atoms with Crippen molar-refractivity contribution in [3.63, 3.8) is 0 Å². The molecule has 1 N–H and O–H groups in total. The van der Waals surface area contributed by atoms with Crippen molar-refractivity contribution >= 4 is 74.2 Å². The predicted octanol–water partition coefficient (Wildman–Crippen LogP) is 6.92. The van der Waals surface area contributed by atoms with Gasteiger partial charge in [-0.1, -0.05) is 29.3 Å². The zero-order valence-corrected chi connectivity index (χ0v) is 15.9. The van der Waals surface area contributed by atoms with Crippen molar-refractivity contribution in [3.05, 3.63) is 70.5 Å². The van der Waals surface area contributed by atoms with Crippen LogP contribution in [0.4, 0.5) is 5.69 Å². The van der Waals surface area contributed by atoms with Crippen LogP contribution in [-0.4, -0.2) is 0 Å². The van der Waals surface area contributed by atoms with Gasteiger partial charge in [-0.25, -0.2) is 0 Å². The largest absolute Gasteiger partial charge is 0.372 e. The second kappa shape index (κ2) is 6.87. The van der Waals surface area contributed by atoms with E-state index in [1.807, 2.05) is 24.3 Å². The first-order chi connectivity index (χ1) is 10.1. The molecule has 3 aromatic rings. The van der Waals surface area contributed by atoms with Gasteiger partial charge in [0.15, 0.2) is 0 Å². The third-order valence-electron chi connectivity index (χ3n) is 2.94. The maximum Gasteiger partial charge on any atom is 0.0954 e. The van der Waals surface area contributed by atoms with E-state index in [0.29, 0.717) is 0 Å². The van der Waals surface area contributed by atoms with Gasteiger partial charge in [0.05, 0.1) is 10.4 Å². The van der Waals surface area contributed by atoms with Gasteiger partial charge in [0.25, 0.3) is 0 Å². The molecule has 0 aliphatic rings. The molecule has 3 rings (SSSR count). The molecule has 0 aliphatic heterocycles. The molecular formula is C15H10Cl2INS2. The summed E-state index contributed by atoms with van der Waals surface area (Å²) >= 11 is 17.8. The van der Waals surface area contributed by atoms with Crippen LogP contribution in [0.5, 0.6) is 0 Å². The van der Waals surface area contributed by atoms with Gasteiger partial charge >= 0.3 is 0 Å². The van der Waals surface area contributed by atoms with Crippen molar-refractivity contribution in [2.24, 2.45) is 0 Å². The number of rotatable bonds is 4. The van der Waals surface area contributed by atoms with Crippen molar-refractivity contribution in [2.75, 3.05) is 5.32 Å². The zero-order chi connectivity index (χ0) is 14.8. The van der Waals surface area contributed by atoms with E-state index in [0.717, 1.165) is 18.6 Å². The molecule has 2 heterocycles. The van der Waals surface area contributed by atoms with Crippen LogP contribution in [0.3, 0.4) is 0 Å². The molecule has 6 heteroatoms. The molecule has 1 unspecified atom stereocenters. The van der Waals surface area contributed by atoms with E-state index < -0.39 is 0 Å². The molecule has 108 valence electrons. The number of benzene rings is 1. The second-order valence-electron chi connectivity index (χ2n) is 4.36. The number of hydrogen-bond donors (Lipinski definition) is 1. The molecule has 0 saturated heterocycles. The first-order valence-corrected chi connectivity index (χ1v) is 9.67. The highest BCUT2D eigenvalue weighted by atomic mass is 127. The Hall–Kier alpha value is -0.270. The summed E-state index contributed by atoms with van der Waals surface area (Å²) in [7, 11) is 0. The van der Waals surface area contributed by atoms with Crippen LogP contribution in [0, 0.1) is 3.57 Å². The minimum Gasteiger partial charge on any atom is -0.372 e. The van der Waals surface area contributed by atoms with E-state index in [2.05, 4.69) is 51.5 Å². The summed E-state index contributed by atoms with van der Waals surface area (Å²) in [6.07, 6.45) is 0. The summed E-state index contributed by atoms with van der Waals surface area (Å²) in [5.74, 6) is 0. The summed E-state index contributed by atoms with van der Waals surface area (Å²) in [5.41, 5.74) is 1.07. The Morgan fingerprint density at radius 3 is 2.52 bits per heavy atom. The zero-order valence-electron chi connectivity index (χ0n) is 10.6. The molecule has 1 nitrogen and oxygen atoms in total. The topological polar surface area (TPSA) is 12.0 Å². The number of anilines is 1. The lowest BCUT2D eigenvalue weighted by molar-refractivity contribution is 0.991. The standard InChI is InChI=1S/C15H10Cl2INS2/c16-9-3-4-11(10(18)8-9)19-15(12-2-1-7-20-12)13-5-6-14(17)21-13/h1-8,15,19H. The lowest BCUT2D eigenvalue weighted by Gasteiger charge is -2.18. The average molecular weight is 466 g/mol. The van der Waals surface area contributed by atoms with E-state index in [1.165, 1.54) is 9.75 Å². The molecule has 2 aromatic heterocycles. The minimum atomic E-state index is 0.109. The lowest BCUT2D eigenvalue weighted by Crippen LogP contribution is -2.10. The first kappa shape index (κ1) is 15.6. The molecule has 0 spiro atoms. The smallest absolute Gasteiger partial charge is 0.0954 e. The van der Waals surface area contributed by atoms with Crippen LogP contribution in [-0.2, 0) is 0 Å². The molecule has 0 aliphatic carbocycles. The molecule has 0 saturated carbocycles. The van der Waals surface area contributed by atoms with E-state index in [-0.39, 0.29) is 6.04 Å². The van der Waals surface area contributed by atoms with Gasteiger partial charge in [-0.05, 0) is 64.4 Å². The molecule has 1 aromatic carbocycles. The summed E-state index contributed by atoms with van der Waals surface area (Å²) < 4.78 is 1.91. The van der Waals surface area contributed by atoms with E-state index in [9.17, 15) is 0 Å². The molecule has 0 amide bonds. The Morgan fingerprint density at radius 2 is 1.90 bits per heavy atom. The molecule has 0 bridgehead atoms. The van der Waals surface area contributed by atoms with E-state index >= 15 is 0 Å². The average Bonchev–Trinajstić information content (AvgIpc) is 3.09. The van der Waals surface area contributed by atoms with Crippen LogP contribution in [0.1, 0.15) is 15.8 Å². The number of hydrogen-bond acceptors (Lipinski definition) is 3. The summed E-state index contributed by atoms with van der Waals surface area (Å²) in [6.45, 7) is 0. The Morgan fingerprint density at radius 1 is 1.05 bits per heavy atom. The van der Waals surface area contributed by atoms with Gasteiger partial charge in [-0.3, -0.25) is 0 Å². The van der Waals surface area contributed by atoms with Crippen molar-refractivity contribution in [1.29, 1.82) is 0 Å². The fourth-order valence-electron chi connectivity index (χ4n) is 1.98. The second-order valence-corrected chi connectivity index (χ2v) is 8.68. The third-order valence-corrected chi connectivity index (χ3v) is 6.30. The maximum atomic E-state index is 6.10. The molecular weight excluding hydrogens is 456 g/mol. The fraction of sp³-hybridized carbons (Fsp3) is 0.0667. The Labute approximate surface area is 155 Å². The van der Waals surface area contributed by atoms with Crippen LogP contribution >= 0.6 is 68.5 Å². The van der Waals surface area contributed by atoms with Crippen molar-refractivity contribution in [2.45, 2.75) is 6.04 Å². The third kappa shape index (κ3) is 3.74. The quantitative estimate of drug-likeness (QED) is 0.412. The van der Waals surface area contributed by atoms with Crippen LogP contribution in [0.25, 0.3) is 0 Å². The van der Waals surface area contributed by atoms with E-state index in [1.54, 1.807) is 22.7 Å². The minimum absolute atomic E-state index is 0.109. The van der Waals surface area contributed by atoms with Crippen LogP contribution in [0.15, 0.2) is 47.8 Å². The Kier molecular flexibility index (Phi) is 5.11. The van der Waals surface area contributed by atoms with Crippen LogP contribution in [0.2, 0.25) is 9.36 Å². The highest BCUT2D eigenvalue weighted by Gasteiger charge is 2.18. The van der Waals surface area contributed by atoms with Crippen molar-refractivity contribution in [3.8, 4) is 0 Å². The SMILES string of the molecule is Clc1ccc(NC(c2cccs2)c2ccc(Cl)s2)c(I)c1. The van der Waals surface area contributed by atoms with Gasteiger partial charge in [-0.2, -0.15) is 0 Å². The molecule has 0 radical (unpaired) electrons. The number of nitrogens with one attached hydrogen (secondary N) is 1. The first-order valence-electron chi connectivity index (χ1n) is 6.14. The van der Waals surface area contributed by atoms with Gasteiger partial charge in [0.2, 0.25) is 0 Å². The summed E-state index contributed by atoms with van der Waals surface area (Å²) in [5, 5.41) is 6.44. The van der Waals surface area contributed by atoms with Crippen LogP contribution < -0.4 is 5.32 Å². The molecule has 0 fully saturated rings. The lowest BCUT2D eigenvalue weighted by atomic mass is 10.2. The van der Waals surface area contributed by atoms with Gasteiger partial charge < -0.3 is 5.32 Å². The van der Waals surface area contributed by atoms with Crippen molar-refractivity contribution in [1.82, 2.24) is 0 Å². The summed E-state index contributed by atoms with van der Waals surface area (Å²) in [6, 6.07) is 14.2. The predicted molar refractivity (Wildman–Crippen MR) is 103 cm³/mol. The van der Waals surface area contributed by atoms with Gasteiger partial charge in [-0.15, -0.1) is 22.7 Å². The molecule has 21 heavy (non-hydrogen) atoms. The maximum absolute atomic E-state index is 6.10. The van der Waals surface area contributed by atoms with Gasteiger partial charge in [0.1, 0.15) is 0 Å². The highest BCUT2D eigenvalue weighted by molar-refractivity contribution is 14.1. The summed E-state index contributed by atoms with van der Waals surface area (Å²) in [4.78, 5) is 2.47. The number of halogens is 3. The number of thiophene rings is 2. The van der Waals surface area contributed by atoms with Crippen molar-refractivity contribution < 1.29 is 0 Å². The fourth-order valence-corrected chi connectivity index (χ4v) is 5.01. The monoisotopic (exact) mass is 465 g/mol. The van der Waals surface area contributed by atoms with Gasteiger partial charge in [0, 0.05) is 24.0 Å². The highest BCUT2D eigenvalue weighted by Crippen LogP contribution is 2.36. The molecule has 1 atom stereocenters.